The number of hydrogen-bond donors (Lipinski definition) is 1. The van der Waals surface area contributed by atoms with E-state index in [1.54, 1.807) is 0 Å². The second-order valence-corrected chi connectivity index (χ2v) is 3.23. The van der Waals surface area contributed by atoms with Crippen molar-refractivity contribution in [3.8, 4) is 11.8 Å². The summed E-state index contributed by atoms with van der Waals surface area (Å²) >= 11 is 4.17. The number of hydrogen-bond acceptors (Lipinski definition) is 3. The predicted molar refractivity (Wildman–Crippen MR) is 62.6 cm³/mol. The van der Waals surface area contributed by atoms with Crippen LogP contribution in [0, 0.1) is 11.8 Å². The first-order valence-corrected chi connectivity index (χ1v) is 5.15. The third-order valence-corrected chi connectivity index (χ3v) is 2.17. The quantitative estimate of drug-likeness (QED) is 0.469. The smallest absolute Gasteiger partial charge is 0.317 e. The Morgan fingerprint density at radius 1 is 1.53 bits per heavy atom. The Kier molecular flexibility index (Phi) is 4.79. The molecule has 2 nitrogen and oxygen atoms in total. The van der Waals surface area contributed by atoms with Crippen LogP contribution in [0.15, 0.2) is 24.3 Å². The van der Waals surface area contributed by atoms with Gasteiger partial charge in [0.15, 0.2) is 0 Å². The molecule has 0 N–H and O–H groups in total. The van der Waals surface area contributed by atoms with Gasteiger partial charge in [0.25, 0.3) is 0 Å². The van der Waals surface area contributed by atoms with E-state index in [1.165, 1.54) is 7.11 Å². The standard InChI is InChI=1S/C12H12O2S/c1-14-12(13)7-3-5-10-4-2-6-11(8-10)9-15/h2,4,6,8,15H,7,9H2,1H3. The summed E-state index contributed by atoms with van der Waals surface area (Å²) in [5.41, 5.74) is 2.01. The minimum absolute atomic E-state index is 0.127. The van der Waals surface area contributed by atoms with E-state index >= 15 is 0 Å². The number of ether oxygens (including phenoxy) is 1. The monoisotopic (exact) mass is 220 g/mol. The highest BCUT2D eigenvalue weighted by molar-refractivity contribution is 7.79. The first kappa shape index (κ1) is 11.7. The number of methoxy groups -OCH3 is 1. The van der Waals surface area contributed by atoms with Gasteiger partial charge in [-0.25, -0.2) is 0 Å². The molecule has 0 aliphatic carbocycles. The van der Waals surface area contributed by atoms with E-state index in [9.17, 15) is 4.79 Å². The molecular formula is C12H12O2S. The molecule has 0 aliphatic rings. The summed E-state index contributed by atoms with van der Waals surface area (Å²) in [5, 5.41) is 0. The molecular weight excluding hydrogens is 208 g/mol. The zero-order valence-corrected chi connectivity index (χ0v) is 9.38. The molecule has 1 rings (SSSR count). The fraction of sp³-hybridized carbons (Fsp3) is 0.250. The summed E-state index contributed by atoms with van der Waals surface area (Å²) in [5.74, 6) is 6.03. The summed E-state index contributed by atoms with van der Waals surface area (Å²) in [6, 6.07) is 7.76. The van der Waals surface area contributed by atoms with E-state index in [0.29, 0.717) is 5.75 Å². The summed E-state index contributed by atoms with van der Waals surface area (Å²) in [6.07, 6.45) is 0.127. The van der Waals surface area contributed by atoms with E-state index in [4.69, 9.17) is 0 Å². The largest absolute Gasteiger partial charge is 0.468 e. The molecule has 15 heavy (non-hydrogen) atoms. The van der Waals surface area contributed by atoms with Crippen molar-refractivity contribution in [2.24, 2.45) is 0 Å². The zero-order valence-electron chi connectivity index (χ0n) is 8.49. The Balaban J connectivity index is 2.67. The molecule has 0 aromatic heterocycles. The molecule has 0 heterocycles. The van der Waals surface area contributed by atoms with Gasteiger partial charge in [-0.3, -0.25) is 4.79 Å². The van der Waals surface area contributed by atoms with Gasteiger partial charge < -0.3 is 4.74 Å². The van der Waals surface area contributed by atoms with Gasteiger partial charge in [-0.05, 0) is 17.7 Å². The van der Waals surface area contributed by atoms with E-state index in [2.05, 4.69) is 29.2 Å². The lowest BCUT2D eigenvalue weighted by Gasteiger charge is -1.95. The SMILES string of the molecule is COC(=O)CC#Cc1cccc(CS)c1. The molecule has 3 heteroatoms. The minimum Gasteiger partial charge on any atom is -0.468 e. The molecule has 0 saturated carbocycles. The number of carbonyl (C=O) groups excluding carboxylic acids is 1. The summed E-state index contributed by atoms with van der Waals surface area (Å²) in [6.45, 7) is 0. The minimum atomic E-state index is -0.312. The van der Waals surface area contributed by atoms with Crippen molar-refractivity contribution in [3.63, 3.8) is 0 Å². The van der Waals surface area contributed by atoms with Crippen LogP contribution >= 0.6 is 12.6 Å². The van der Waals surface area contributed by atoms with Crippen LogP contribution in [0.2, 0.25) is 0 Å². The number of benzene rings is 1. The second kappa shape index (κ2) is 6.15. The number of thiol groups is 1. The molecule has 0 aliphatic heterocycles. The van der Waals surface area contributed by atoms with E-state index in [1.807, 2.05) is 24.3 Å². The van der Waals surface area contributed by atoms with Gasteiger partial charge in [-0.2, -0.15) is 12.6 Å². The van der Waals surface area contributed by atoms with Gasteiger partial charge in [0, 0.05) is 11.3 Å². The van der Waals surface area contributed by atoms with Crippen molar-refractivity contribution < 1.29 is 9.53 Å². The third-order valence-electron chi connectivity index (χ3n) is 1.80. The summed E-state index contributed by atoms with van der Waals surface area (Å²) in [7, 11) is 1.35. The van der Waals surface area contributed by atoms with Gasteiger partial charge in [-0.15, -0.1) is 0 Å². The van der Waals surface area contributed by atoms with Crippen LogP contribution in [0.25, 0.3) is 0 Å². The molecule has 0 radical (unpaired) electrons. The van der Waals surface area contributed by atoms with Crippen molar-refractivity contribution in [3.05, 3.63) is 35.4 Å². The topological polar surface area (TPSA) is 26.3 Å². The lowest BCUT2D eigenvalue weighted by Crippen LogP contribution is -1.97. The number of carbonyl (C=O) groups is 1. The molecule has 0 atom stereocenters. The fourth-order valence-electron chi connectivity index (χ4n) is 1.04. The van der Waals surface area contributed by atoms with Crippen LogP contribution in [0.4, 0.5) is 0 Å². The summed E-state index contributed by atoms with van der Waals surface area (Å²) < 4.78 is 4.48. The molecule has 0 bridgehead atoms. The van der Waals surface area contributed by atoms with Crippen molar-refractivity contribution in [1.82, 2.24) is 0 Å². The predicted octanol–water partition coefficient (Wildman–Crippen LogP) is 2.03. The average molecular weight is 220 g/mol. The maximum atomic E-state index is 10.8. The highest BCUT2D eigenvalue weighted by Gasteiger charge is 1.94. The molecule has 1 aromatic rings. The Morgan fingerprint density at radius 2 is 2.33 bits per heavy atom. The van der Waals surface area contributed by atoms with Gasteiger partial charge in [0.1, 0.15) is 6.42 Å². The lowest BCUT2D eigenvalue weighted by molar-refractivity contribution is -0.139. The van der Waals surface area contributed by atoms with Crippen molar-refractivity contribution in [2.75, 3.05) is 7.11 Å². The maximum Gasteiger partial charge on any atom is 0.317 e. The zero-order chi connectivity index (χ0) is 11.1. The highest BCUT2D eigenvalue weighted by Crippen LogP contribution is 2.06. The van der Waals surface area contributed by atoms with Gasteiger partial charge in [0.2, 0.25) is 0 Å². The number of rotatable bonds is 2. The molecule has 0 amide bonds. The fourth-order valence-corrected chi connectivity index (χ4v) is 1.23. The van der Waals surface area contributed by atoms with Gasteiger partial charge >= 0.3 is 5.97 Å². The van der Waals surface area contributed by atoms with E-state index in [0.717, 1.165) is 11.1 Å². The van der Waals surface area contributed by atoms with E-state index in [-0.39, 0.29) is 12.4 Å². The van der Waals surface area contributed by atoms with Crippen molar-refractivity contribution >= 4 is 18.6 Å². The van der Waals surface area contributed by atoms with Crippen LogP contribution in [0.5, 0.6) is 0 Å². The third kappa shape index (κ3) is 4.09. The second-order valence-electron chi connectivity index (χ2n) is 2.91. The highest BCUT2D eigenvalue weighted by atomic mass is 32.1. The average Bonchev–Trinajstić information content (AvgIpc) is 2.29. The van der Waals surface area contributed by atoms with Crippen molar-refractivity contribution in [1.29, 1.82) is 0 Å². The molecule has 0 unspecified atom stereocenters. The molecule has 0 saturated heterocycles. The first-order valence-electron chi connectivity index (χ1n) is 4.51. The molecule has 1 aromatic carbocycles. The van der Waals surface area contributed by atoms with Crippen LogP contribution in [-0.4, -0.2) is 13.1 Å². The summed E-state index contributed by atoms with van der Waals surface area (Å²) in [4.78, 5) is 10.8. The molecule has 0 fully saturated rings. The van der Waals surface area contributed by atoms with Crippen LogP contribution < -0.4 is 0 Å². The Labute approximate surface area is 95.1 Å². The van der Waals surface area contributed by atoms with Crippen LogP contribution in [0.3, 0.4) is 0 Å². The van der Waals surface area contributed by atoms with Crippen LogP contribution in [0.1, 0.15) is 17.5 Å². The van der Waals surface area contributed by atoms with Gasteiger partial charge in [-0.1, -0.05) is 24.0 Å². The normalized spacial score (nSPS) is 8.93. The molecule has 0 spiro atoms. The number of esters is 1. The first-order chi connectivity index (χ1) is 7.26. The lowest BCUT2D eigenvalue weighted by atomic mass is 10.1. The Morgan fingerprint density at radius 3 is 3.00 bits per heavy atom. The molecule has 78 valence electrons. The Hall–Kier alpha value is -1.40. The van der Waals surface area contributed by atoms with Crippen molar-refractivity contribution in [2.45, 2.75) is 12.2 Å². The maximum absolute atomic E-state index is 10.8. The van der Waals surface area contributed by atoms with Crippen LogP contribution in [-0.2, 0) is 15.3 Å². The van der Waals surface area contributed by atoms with Gasteiger partial charge in [0.05, 0.1) is 7.11 Å². The Bertz CT molecular complexity index is 402. The van der Waals surface area contributed by atoms with E-state index < -0.39 is 0 Å².